The maximum atomic E-state index is 5.59. The molecule has 0 saturated heterocycles. The average molecular weight is 237 g/mol. The lowest BCUT2D eigenvalue weighted by Crippen LogP contribution is -1.85. The third kappa shape index (κ3) is 5.37. The van der Waals surface area contributed by atoms with Crippen LogP contribution in [-0.4, -0.2) is 5.88 Å². The Balaban J connectivity index is 2.36. The van der Waals surface area contributed by atoms with E-state index in [-0.39, 0.29) is 0 Å². The molecule has 0 atom stereocenters. The second kappa shape index (κ2) is 8.41. The molecule has 88 valence electrons. The van der Waals surface area contributed by atoms with Crippen LogP contribution in [0, 0.1) is 0 Å². The Morgan fingerprint density at radius 1 is 1.06 bits per heavy atom. The van der Waals surface area contributed by atoms with E-state index in [0.717, 1.165) is 0 Å². The molecule has 0 fully saturated rings. The van der Waals surface area contributed by atoms with Gasteiger partial charge in [0.05, 0.1) is 0 Å². The molecule has 0 unspecified atom stereocenters. The molecule has 1 rings (SSSR count). The molecule has 0 aromatic heterocycles. The molecule has 0 radical (unpaired) electrons. The molecule has 0 aliphatic rings. The zero-order chi connectivity index (χ0) is 11.6. The Bertz CT molecular complexity index is 298. The van der Waals surface area contributed by atoms with E-state index in [0.29, 0.717) is 5.88 Å². The highest BCUT2D eigenvalue weighted by Gasteiger charge is 1.93. The molecule has 1 aromatic rings. The fraction of sp³-hybridized carbons (Fsp3) is 0.467. The first-order valence-corrected chi connectivity index (χ1v) is 6.71. The van der Waals surface area contributed by atoms with Gasteiger partial charge in [-0.15, -0.1) is 11.6 Å². The number of hydrogen-bond donors (Lipinski definition) is 0. The number of allylic oxidation sites excluding steroid dienone is 1. The Morgan fingerprint density at radius 2 is 1.81 bits per heavy atom. The predicted octanol–water partition coefficient (Wildman–Crippen LogP) is 5.06. The number of hydrogen-bond acceptors (Lipinski definition) is 0. The summed E-state index contributed by atoms with van der Waals surface area (Å²) in [7, 11) is 0. The summed E-state index contributed by atoms with van der Waals surface area (Å²) in [4.78, 5) is 0. The Hall–Kier alpha value is -0.750. The molecule has 0 saturated carbocycles. The lowest BCUT2D eigenvalue weighted by atomic mass is 10.0. The smallest absolute Gasteiger partial charge is 0.0407 e. The van der Waals surface area contributed by atoms with Crippen molar-refractivity contribution in [1.29, 1.82) is 0 Å². The standard InChI is InChI=1S/C15H21Cl/c1-2-3-4-5-7-14-9-11-15(12-10-14)8-6-13-16/h6,8-12H,2-5,7,13H2,1H3/b8-6+. The SMILES string of the molecule is CCCCCCc1ccc(/C=C/CCl)cc1. The Kier molecular flexibility index (Phi) is 7.00. The number of rotatable bonds is 7. The first-order valence-electron chi connectivity index (χ1n) is 6.18. The lowest BCUT2D eigenvalue weighted by molar-refractivity contribution is 0.667. The highest BCUT2D eigenvalue weighted by Crippen LogP contribution is 2.10. The highest BCUT2D eigenvalue weighted by molar-refractivity contribution is 6.19. The molecule has 0 heterocycles. The van der Waals surface area contributed by atoms with Crippen LogP contribution in [0.5, 0.6) is 0 Å². The van der Waals surface area contributed by atoms with Crippen LogP contribution in [0.15, 0.2) is 30.3 Å². The average Bonchev–Trinajstić information content (AvgIpc) is 2.33. The van der Waals surface area contributed by atoms with E-state index in [4.69, 9.17) is 11.6 Å². The van der Waals surface area contributed by atoms with Crippen molar-refractivity contribution in [2.24, 2.45) is 0 Å². The molecule has 0 amide bonds. The van der Waals surface area contributed by atoms with Gasteiger partial charge in [-0.05, 0) is 24.0 Å². The molecular weight excluding hydrogens is 216 g/mol. The van der Waals surface area contributed by atoms with Gasteiger partial charge in [0, 0.05) is 5.88 Å². The van der Waals surface area contributed by atoms with Crippen LogP contribution in [0.25, 0.3) is 6.08 Å². The number of alkyl halides is 1. The molecule has 1 aromatic carbocycles. The van der Waals surface area contributed by atoms with Crippen molar-refractivity contribution in [3.8, 4) is 0 Å². The third-order valence-electron chi connectivity index (χ3n) is 2.70. The maximum Gasteiger partial charge on any atom is 0.0407 e. The maximum absolute atomic E-state index is 5.59. The van der Waals surface area contributed by atoms with E-state index in [2.05, 4.69) is 37.3 Å². The molecule has 0 spiro atoms. The molecule has 0 bridgehead atoms. The third-order valence-corrected chi connectivity index (χ3v) is 2.88. The molecule has 1 heteroatoms. The van der Waals surface area contributed by atoms with Crippen LogP contribution < -0.4 is 0 Å². The van der Waals surface area contributed by atoms with Crippen LogP contribution in [0.1, 0.15) is 43.7 Å². The topological polar surface area (TPSA) is 0 Å². The molecule has 0 aliphatic carbocycles. The van der Waals surface area contributed by atoms with Crippen molar-refractivity contribution < 1.29 is 0 Å². The fourth-order valence-corrected chi connectivity index (χ4v) is 1.82. The summed E-state index contributed by atoms with van der Waals surface area (Å²) in [5.41, 5.74) is 2.68. The van der Waals surface area contributed by atoms with Gasteiger partial charge in [0.2, 0.25) is 0 Å². The van der Waals surface area contributed by atoms with E-state index in [1.54, 1.807) is 0 Å². The van der Waals surface area contributed by atoms with E-state index in [1.807, 2.05) is 6.08 Å². The van der Waals surface area contributed by atoms with Gasteiger partial charge in [0.25, 0.3) is 0 Å². The zero-order valence-electron chi connectivity index (χ0n) is 10.1. The first kappa shape index (κ1) is 13.3. The van der Waals surface area contributed by atoms with Gasteiger partial charge >= 0.3 is 0 Å². The molecule has 0 aliphatic heterocycles. The van der Waals surface area contributed by atoms with Gasteiger partial charge in [-0.2, -0.15) is 0 Å². The van der Waals surface area contributed by atoms with Gasteiger partial charge in [-0.25, -0.2) is 0 Å². The van der Waals surface area contributed by atoms with Crippen LogP contribution in [-0.2, 0) is 6.42 Å². The van der Waals surface area contributed by atoms with Crippen LogP contribution >= 0.6 is 11.6 Å². The predicted molar refractivity (Wildman–Crippen MR) is 74.0 cm³/mol. The number of halogens is 1. The van der Waals surface area contributed by atoms with Crippen molar-refractivity contribution in [1.82, 2.24) is 0 Å². The molecule has 0 nitrogen and oxygen atoms in total. The number of benzene rings is 1. The summed E-state index contributed by atoms with van der Waals surface area (Å²) < 4.78 is 0. The minimum Gasteiger partial charge on any atom is -0.122 e. The minimum atomic E-state index is 0.582. The summed E-state index contributed by atoms with van der Waals surface area (Å²) in [6, 6.07) is 8.77. The van der Waals surface area contributed by atoms with Crippen molar-refractivity contribution in [3.63, 3.8) is 0 Å². The van der Waals surface area contributed by atoms with Crippen molar-refractivity contribution >= 4 is 17.7 Å². The van der Waals surface area contributed by atoms with Crippen molar-refractivity contribution in [2.45, 2.75) is 39.0 Å². The molecule has 16 heavy (non-hydrogen) atoms. The lowest BCUT2D eigenvalue weighted by Gasteiger charge is -2.01. The summed E-state index contributed by atoms with van der Waals surface area (Å²) in [6.45, 7) is 2.25. The number of unbranched alkanes of at least 4 members (excludes halogenated alkanes) is 3. The summed E-state index contributed by atoms with van der Waals surface area (Å²) in [6.07, 6.45) is 10.6. The summed E-state index contributed by atoms with van der Waals surface area (Å²) in [5, 5.41) is 0. The van der Waals surface area contributed by atoms with Gasteiger partial charge in [0.15, 0.2) is 0 Å². The quantitative estimate of drug-likeness (QED) is 0.459. The summed E-state index contributed by atoms with van der Waals surface area (Å²) in [5.74, 6) is 0.582. The molecule has 0 N–H and O–H groups in total. The molecular formula is C15H21Cl. The monoisotopic (exact) mass is 236 g/mol. The van der Waals surface area contributed by atoms with Gasteiger partial charge < -0.3 is 0 Å². The van der Waals surface area contributed by atoms with Crippen LogP contribution in [0.3, 0.4) is 0 Å². The van der Waals surface area contributed by atoms with Gasteiger partial charge in [-0.1, -0.05) is 62.6 Å². The first-order chi connectivity index (χ1) is 7.86. The Labute approximate surface area is 104 Å². The van der Waals surface area contributed by atoms with Gasteiger partial charge in [0.1, 0.15) is 0 Å². The van der Waals surface area contributed by atoms with Crippen LogP contribution in [0.4, 0.5) is 0 Å². The van der Waals surface area contributed by atoms with E-state index in [1.165, 1.54) is 43.2 Å². The van der Waals surface area contributed by atoms with E-state index >= 15 is 0 Å². The number of aryl methyl sites for hydroxylation is 1. The zero-order valence-corrected chi connectivity index (χ0v) is 10.8. The fourth-order valence-electron chi connectivity index (χ4n) is 1.73. The van der Waals surface area contributed by atoms with Crippen molar-refractivity contribution in [3.05, 3.63) is 41.5 Å². The summed E-state index contributed by atoms with van der Waals surface area (Å²) >= 11 is 5.59. The largest absolute Gasteiger partial charge is 0.122 e. The van der Waals surface area contributed by atoms with Crippen LogP contribution in [0.2, 0.25) is 0 Å². The highest BCUT2D eigenvalue weighted by atomic mass is 35.5. The normalized spacial score (nSPS) is 11.1. The van der Waals surface area contributed by atoms with E-state index in [9.17, 15) is 0 Å². The minimum absolute atomic E-state index is 0.582. The Morgan fingerprint density at radius 3 is 2.44 bits per heavy atom. The van der Waals surface area contributed by atoms with E-state index < -0.39 is 0 Å². The van der Waals surface area contributed by atoms with Crippen molar-refractivity contribution in [2.75, 3.05) is 5.88 Å². The second-order valence-electron chi connectivity index (χ2n) is 4.11. The second-order valence-corrected chi connectivity index (χ2v) is 4.42. The van der Waals surface area contributed by atoms with Gasteiger partial charge in [-0.3, -0.25) is 0 Å².